The van der Waals surface area contributed by atoms with E-state index in [2.05, 4.69) is 9.97 Å². The lowest BCUT2D eigenvalue weighted by atomic mass is 10.1. The molecular formula is C13H9N3O. The van der Waals surface area contributed by atoms with Crippen molar-refractivity contribution in [3.63, 3.8) is 0 Å². The minimum Gasteiger partial charge on any atom is -0.300 e. The van der Waals surface area contributed by atoms with Crippen molar-refractivity contribution in [1.29, 1.82) is 0 Å². The molecule has 0 saturated heterocycles. The fraction of sp³-hybridized carbons (Fsp3) is 0. The maximum atomic E-state index is 10.7. The number of hydrogen-bond donors (Lipinski definition) is 0. The van der Waals surface area contributed by atoms with Crippen molar-refractivity contribution in [3.8, 4) is 11.3 Å². The van der Waals surface area contributed by atoms with Crippen LogP contribution in [0.15, 0.2) is 49.1 Å². The molecule has 0 amide bonds. The number of pyridine rings is 2. The largest absolute Gasteiger partial charge is 0.300 e. The Kier molecular flexibility index (Phi) is 2.19. The molecular weight excluding hydrogens is 214 g/mol. The summed E-state index contributed by atoms with van der Waals surface area (Å²) < 4.78 is 1.96. The van der Waals surface area contributed by atoms with Gasteiger partial charge in [-0.1, -0.05) is 6.07 Å². The fourth-order valence-corrected chi connectivity index (χ4v) is 1.85. The van der Waals surface area contributed by atoms with Crippen molar-refractivity contribution < 1.29 is 4.79 Å². The summed E-state index contributed by atoms with van der Waals surface area (Å²) in [4.78, 5) is 19.0. The molecule has 3 aromatic heterocycles. The Bertz CT molecular complexity index is 688. The maximum Gasteiger partial charge on any atom is 0.151 e. The highest BCUT2D eigenvalue weighted by Gasteiger charge is 2.04. The summed E-state index contributed by atoms with van der Waals surface area (Å²) in [6.07, 6.45) is 7.71. The summed E-state index contributed by atoms with van der Waals surface area (Å²) in [5, 5.41) is 0. The summed E-state index contributed by atoms with van der Waals surface area (Å²) in [7, 11) is 0. The van der Waals surface area contributed by atoms with Crippen LogP contribution in [0.1, 0.15) is 10.4 Å². The molecule has 0 saturated carbocycles. The molecule has 0 radical (unpaired) electrons. The average Bonchev–Trinajstić information content (AvgIpc) is 2.87. The Balaban J connectivity index is 2.26. The first kappa shape index (κ1) is 9.72. The van der Waals surface area contributed by atoms with Crippen LogP contribution in [0.25, 0.3) is 16.9 Å². The number of carbonyl (C=O) groups excluding carboxylic acids is 1. The van der Waals surface area contributed by atoms with Gasteiger partial charge in [-0.2, -0.15) is 0 Å². The number of hydrogen-bond acceptors (Lipinski definition) is 3. The fourth-order valence-electron chi connectivity index (χ4n) is 1.85. The molecule has 0 atom stereocenters. The highest BCUT2D eigenvalue weighted by molar-refractivity contribution is 5.77. The predicted molar refractivity (Wildman–Crippen MR) is 63.8 cm³/mol. The molecule has 3 rings (SSSR count). The lowest BCUT2D eigenvalue weighted by molar-refractivity contribution is 0.112. The van der Waals surface area contributed by atoms with E-state index < -0.39 is 0 Å². The van der Waals surface area contributed by atoms with Crippen LogP contribution in [0, 0.1) is 0 Å². The minimum atomic E-state index is 0.569. The molecule has 4 heteroatoms. The van der Waals surface area contributed by atoms with Gasteiger partial charge in [-0.05, 0) is 18.2 Å². The van der Waals surface area contributed by atoms with Gasteiger partial charge in [-0.3, -0.25) is 14.2 Å². The van der Waals surface area contributed by atoms with E-state index in [0.29, 0.717) is 5.56 Å². The van der Waals surface area contributed by atoms with Gasteiger partial charge in [0, 0.05) is 35.9 Å². The van der Waals surface area contributed by atoms with Gasteiger partial charge in [0.25, 0.3) is 0 Å². The van der Waals surface area contributed by atoms with E-state index in [1.807, 2.05) is 34.9 Å². The van der Waals surface area contributed by atoms with E-state index in [0.717, 1.165) is 23.2 Å². The average molecular weight is 223 g/mol. The molecule has 3 aromatic rings. The predicted octanol–water partition coefficient (Wildman–Crippen LogP) is 2.21. The van der Waals surface area contributed by atoms with Gasteiger partial charge < -0.3 is 0 Å². The van der Waals surface area contributed by atoms with E-state index in [-0.39, 0.29) is 0 Å². The van der Waals surface area contributed by atoms with Gasteiger partial charge >= 0.3 is 0 Å². The Morgan fingerprint density at radius 3 is 3.06 bits per heavy atom. The van der Waals surface area contributed by atoms with Gasteiger partial charge in [0.1, 0.15) is 5.65 Å². The van der Waals surface area contributed by atoms with E-state index in [1.165, 1.54) is 0 Å². The molecule has 0 aromatic carbocycles. The zero-order valence-electron chi connectivity index (χ0n) is 8.95. The Labute approximate surface area is 97.6 Å². The number of nitrogens with zero attached hydrogens (tertiary/aromatic N) is 3. The molecule has 0 unspecified atom stereocenters. The second-order valence-electron chi connectivity index (χ2n) is 3.69. The van der Waals surface area contributed by atoms with E-state index in [1.54, 1.807) is 18.6 Å². The van der Waals surface area contributed by atoms with Crippen molar-refractivity contribution >= 4 is 11.9 Å². The summed E-state index contributed by atoms with van der Waals surface area (Å²) >= 11 is 0. The molecule has 3 heterocycles. The first-order chi connectivity index (χ1) is 8.38. The number of fused-ring (bicyclic) bond motifs is 1. The second-order valence-corrected chi connectivity index (χ2v) is 3.69. The van der Waals surface area contributed by atoms with Crippen LogP contribution in [-0.4, -0.2) is 20.7 Å². The van der Waals surface area contributed by atoms with Crippen LogP contribution >= 0.6 is 0 Å². The molecule has 0 spiro atoms. The zero-order chi connectivity index (χ0) is 11.7. The van der Waals surface area contributed by atoms with E-state index in [9.17, 15) is 4.79 Å². The van der Waals surface area contributed by atoms with Gasteiger partial charge in [0.05, 0.1) is 5.69 Å². The third-order valence-electron chi connectivity index (χ3n) is 2.62. The Morgan fingerprint density at radius 1 is 1.24 bits per heavy atom. The van der Waals surface area contributed by atoms with Crippen LogP contribution in [0.5, 0.6) is 0 Å². The lowest BCUT2D eigenvalue weighted by Gasteiger charge is -2.05. The number of carbonyl (C=O) groups is 1. The summed E-state index contributed by atoms with van der Waals surface area (Å²) in [6.45, 7) is 0. The highest BCUT2D eigenvalue weighted by Crippen LogP contribution is 2.20. The first-order valence-corrected chi connectivity index (χ1v) is 5.21. The molecule has 0 aliphatic rings. The standard InChI is InChI=1S/C13H9N3O/c17-9-10-6-11(8-14-7-10)12-2-1-3-13-15-4-5-16(12)13/h1-9H. The van der Waals surface area contributed by atoms with E-state index in [4.69, 9.17) is 0 Å². The second kappa shape index (κ2) is 3.83. The van der Waals surface area contributed by atoms with Crippen LogP contribution in [0.2, 0.25) is 0 Å². The van der Waals surface area contributed by atoms with Crippen LogP contribution in [0.3, 0.4) is 0 Å². The topological polar surface area (TPSA) is 47.3 Å². The normalized spacial score (nSPS) is 10.6. The number of imidazole rings is 1. The van der Waals surface area contributed by atoms with Crippen LogP contribution < -0.4 is 0 Å². The number of aldehydes is 1. The smallest absolute Gasteiger partial charge is 0.151 e. The van der Waals surface area contributed by atoms with Gasteiger partial charge in [0.2, 0.25) is 0 Å². The Morgan fingerprint density at radius 2 is 2.18 bits per heavy atom. The van der Waals surface area contributed by atoms with E-state index >= 15 is 0 Å². The molecule has 17 heavy (non-hydrogen) atoms. The van der Waals surface area contributed by atoms with Crippen molar-refractivity contribution in [1.82, 2.24) is 14.4 Å². The Hall–Kier alpha value is -2.49. The number of rotatable bonds is 2. The first-order valence-electron chi connectivity index (χ1n) is 5.21. The molecule has 0 fully saturated rings. The monoisotopic (exact) mass is 223 g/mol. The minimum absolute atomic E-state index is 0.569. The van der Waals surface area contributed by atoms with Gasteiger partial charge in [-0.25, -0.2) is 4.98 Å². The van der Waals surface area contributed by atoms with Gasteiger partial charge in [0.15, 0.2) is 6.29 Å². The van der Waals surface area contributed by atoms with Crippen molar-refractivity contribution in [3.05, 3.63) is 54.6 Å². The van der Waals surface area contributed by atoms with Crippen LogP contribution in [0.4, 0.5) is 0 Å². The third kappa shape index (κ3) is 1.59. The molecule has 82 valence electrons. The number of aromatic nitrogens is 3. The molecule has 0 bridgehead atoms. The molecule has 4 nitrogen and oxygen atoms in total. The lowest BCUT2D eigenvalue weighted by Crippen LogP contribution is -1.92. The molecule has 0 N–H and O–H groups in total. The summed E-state index contributed by atoms with van der Waals surface area (Å²) in [5.41, 5.74) is 3.31. The maximum absolute atomic E-state index is 10.7. The quantitative estimate of drug-likeness (QED) is 0.626. The summed E-state index contributed by atoms with van der Waals surface area (Å²) in [6, 6.07) is 7.65. The van der Waals surface area contributed by atoms with Crippen molar-refractivity contribution in [2.24, 2.45) is 0 Å². The van der Waals surface area contributed by atoms with Crippen LogP contribution in [-0.2, 0) is 0 Å². The molecule has 0 aliphatic carbocycles. The SMILES string of the molecule is O=Cc1cncc(-c2cccc3nccn23)c1. The molecule has 0 aliphatic heterocycles. The van der Waals surface area contributed by atoms with Crippen molar-refractivity contribution in [2.75, 3.05) is 0 Å². The summed E-state index contributed by atoms with van der Waals surface area (Å²) in [5.74, 6) is 0. The van der Waals surface area contributed by atoms with Crippen molar-refractivity contribution in [2.45, 2.75) is 0 Å². The van der Waals surface area contributed by atoms with Gasteiger partial charge in [-0.15, -0.1) is 0 Å². The zero-order valence-corrected chi connectivity index (χ0v) is 8.95. The highest BCUT2D eigenvalue weighted by atomic mass is 16.1. The third-order valence-corrected chi connectivity index (χ3v) is 2.62.